The van der Waals surface area contributed by atoms with Crippen LogP contribution < -0.4 is 10.1 Å². The lowest BCUT2D eigenvalue weighted by Crippen LogP contribution is -2.14. The van der Waals surface area contributed by atoms with Crippen LogP contribution in [0.15, 0.2) is 59.2 Å². The van der Waals surface area contributed by atoms with E-state index >= 15 is 0 Å². The number of aromatic nitrogens is 1. The average Bonchev–Trinajstić information content (AvgIpc) is 3.17. The highest BCUT2D eigenvalue weighted by Gasteiger charge is 2.09. The van der Waals surface area contributed by atoms with Crippen molar-refractivity contribution < 1.29 is 13.9 Å². The van der Waals surface area contributed by atoms with Gasteiger partial charge in [0.05, 0.1) is 30.2 Å². The number of nitriles is 1. The Bertz CT molecular complexity index is 944. The Kier molecular flexibility index (Phi) is 6.13. The van der Waals surface area contributed by atoms with Crippen LogP contribution in [0.5, 0.6) is 5.75 Å². The Morgan fingerprint density at radius 3 is 2.63 bits per heavy atom. The fourth-order valence-electron chi connectivity index (χ4n) is 2.31. The molecule has 1 amide bonds. The highest BCUT2D eigenvalue weighted by molar-refractivity contribution is 7.99. The molecule has 0 unspecified atom stereocenters. The van der Waals surface area contributed by atoms with Gasteiger partial charge in [0, 0.05) is 17.0 Å². The number of thioether (sulfide) groups is 1. The minimum absolute atomic E-state index is 0.108. The molecule has 0 atom stereocenters. The van der Waals surface area contributed by atoms with E-state index < -0.39 is 0 Å². The maximum atomic E-state index is 12.0. The SMILES string of the molecule is COc1ccc(-c2nc(CSCC(=O)Nc3ccc(C#N)cc3)co2)cc1. The van der Waals surface area contributed by atoms with E-state index in [4.69, 9.17) is 14.4 Å². The molecule has 2 aromatic carbocycles. The Labute approximate surface area is 161 Å². The van der Waals surface area contributed by atoms with E-state index in [1.54, 1.807) is 37.6 Å². The first kappa shape index (κ1) is 18.5. The monoisotopic (exact) mass is 379 g/mol. The van der Waals surface area contributed by atoms with Gasteiger partial charge < -0.3 is 14.5 Å². The second kappa shape index (κ2) is 8.92. The number of ether oxygens (including phenoxy) is 1. The van der Waals surface area contributed by atoms with Gasteiger partial charge in [-0.15, -0.1) is 11.8 Å². The number of nitrogens with one attached hydrogen (secondary N) is 1. The number of rotatable bonds is 7. The Morgan fingerprint density at radius 1 is 1.22 bits per heavy atom. The zero-order valence-corrected chi connectivity index (χ0v) is 15.5. The largest absolute Gasteiger partial charge is 0.497 e. The third-order valence-corrected chi connectivity index (χ3v) is 4.64. The lowest BCUT2D eigenvalue weighted by atomic mass is 10.2. The number of nitrogens with zero attached hydrogens (tertiary/aromatic N) is 2. The van der Waals surface area contributed by atoms with Crippen LogP contribution in [0.3, 0.4) is 0 Å². The van der Waals surface area contributed by atoms with Gasteiger partial charge in [-0.3, -0.25) is 4.79 Å². The van der Waals surface area contributed by atoms with Crippen molar-refractivity contribution in [1.29, 1.82) is 5.26 Å². The average molecular weight is 379 g/mol. The third kappa shape index (κ3) is 5.12. The predicted molar refractivity (Wildman–Crippen MR) is 104 cm³/mol. The maximum Gasteiger partial charge on any atom is 0.234 e. The fourth-order valence-corrected chi connectivity index (χ4v) is 3.01. The molecule has 0 saturated heterocycles. The molecule has 3 rings (SSSR count). The first-order valence-corrected chi connectivity index (χ1v) is 9.30. The summed E-state index contributed by atoms with van der Waals surface area (Å²) in [5.41, 5.74) is 2.87. The molecule has 0 aliphatic heterocycles. The van der Waals surface area contributed by atoms with Gasteiger partial charge in [-0.2, -0.15) is 5.26 Å². The lowest BCUT2D eigenvalue weighted by molar-refractivity contribution is -0.113. The van der Waals surface area contributed by atoms with Gasteiger partial charge in [0.1, 0.15) is 12.0 Å². The van der Waals surface area contributed by atoms with Crippen molar-refractivity contribution in [2.24, 2.45) is 0 Å². The molecule has 0 aliphatic carbocycles. The van der Waals surface area contributed by atoms with Gasteiger partial charge in [-0.1, -0.05) is 0 Å². The van der Waals surface area contributed by atoms with Crippen LogP contribution >= 0.6 is 11.8 Å². The van der Waals surface area contributed by atoms with Crippen LogP contribution in [0, 0.1) is 11.3 Å². The number of anilines is 1. The van der Waals surface area contributed by atoms with Gasteiger partial charge in [-0.05, 0) is 48.5 Å². The van der Waals surface area contributed by atoms with Crippen molar-refractivity contribution in [3.05, 3.63) is 66.1 Å². The molecule has 1 heterocycles. The summed E-state index contributed by atoms with van der Waals surface area (Å²) in [6.07, 6.45) is 1.60. The van der Waals surface area contributed by atoms with Crippen LogP contribution in [0.25, 0.3) is 11.5 Å². The van der Waals surface area contributed by atoms with Gasteiger partial charge >= 0.3 is 0 Å². The van der Waals surface area contributed by atoms with Crippen molar-refractivity contribution in [2.75, 3.05) is 18.2 Å². The van der Waals surface area contributed by atoms with E-state index in [1.807, 2.05) is 30.3 Å². The van der Waals surface area contributed by atoms with Crippen molar-refractivity contribution in [3.63, 3.8) is 0 Å². The quantitative estimate of drug-likeness (QED) is 0.665. The standard InChI is InChI=1S/C20H17N3O3S/c1-25-18-8-4-15(5-9-18)20-23-17(11-26-20)12-27-13-19(24)22-16-6-2-14(10-21)3-7-16/h2-9,11H,12-13H2,1H3,(H,22,24). The zero-order valence-electron chi connectivity index (χ0n) is 14.6. The summed E-state index contributed by atoms with van der Waals surface area (Å²) in [4.78, 5) is 16.4. The summed E-state index contributed by atoms with van der Waals surface area (Å²) in [6, 6.07) is 16.2. The number of hydrogen-bond donors (Lipinski definition) is 1. The van der Waals surface area contributed by atoms with Gasteiger partial charge in [0.2, 0.25) is 11.8 Å². The van der Waals surface area contributed by atoms with Crippen LogP contribution in [0.4, 0.5) is 5.69 Å². The number of carbonyl (C=O) groups is 1. The summed E-state index contributed by atoms with van der Waals surface area (Å²) in [6.45, 7) is 0. The Hall–Kier alpha value is -3.24. The molecule has 6 nitrogen and oxygen atoms in total. The predicted octanol–water partition coefficient (Wildman–Crippen LogP) is 4.09. The van der Waals surface area contributed by atoms with Crippen LogP contribution in [0.2, 0.25) is 0 Å². The summed E-state index contributed by atoms with van der Waals surface area (Å²) in [5.74, 6) is 2.07. The maximum absolute atomic E-state index is 12.0. The summed E-state index contributed by atoms with van der Waals surface area (Å²) in [5, 5.41) is 11.6. The zero-order chi connectivity index (χ0) is 19.1. The Morgan fingerprint density at radius 2 is 1.96 bits per heavy atom. The van der Waals surface area contributed by atoms with E-state index in [2.05, 4.69) is 10.3 Å². The molecule has 7 heteroatoms. The van der Waals surface area contributed by atoms with Crippen molar-refractivity contribution in [2.45, 2.75) is 5.75 Å². The van der Waals surface area contributed by atoms with Crippen LogP contribution in [0.1, 0.15) is 11.3 Å². The van der Waals surface area contributed by atoms with Gasteiger partial charge in [-0.25, -0.2) is 4.98 Å². The number of methoxy groups -OCH3 is 1. The van der Waals surface area contributed by atoms with E-state index in [1.165, 1.54) is 11.8 Å². The molecule has 0 fully saturated rings. The van der Waals surface area contributed by atoms with E-state index in [0.717, 1.165) is 17.0 Å². The van der Waals surface area contributed by atoms with Crippen LogP contribution in [-0.2, 0) is 10.5 Å². The third-order valence-electron chi connectivity index (χ3n) is 3.67. The number of amides is 1. The summed E-state index contributed by atoms with van der Waals surface area (Å²) >= 11 is 1.45. The molecule has 0 saturated carbocycles. The fraction of sp³-hybridized carbons (Fsp3) is 0.150. The molecule has 3 aromatic rings. The molecule has 0 bridgehead atoms. The van der Waals surface area contributed by atoms with Gasteiger partial charge in [0.25, 0.3) is 0 Å². The molecule has 0 spiro atoms. The summed E-state index contributed by atoms with van der Waals surface area (Å²) in [7, 11) is 1.62. The smallest absolute Gasteiger partial charge is 0.234 e. The minimum atomic E-state index is -0.108. The number of benzene rings is 2. The van der Waals surface area contributed by atoms with Crippen molar-refractivity contribution in [1.82, 2.24) is 4.98 Å². The first-order valence-electron chi connectivity index (χ1n) is 8.14. The molecule has 1 aromatic heterocycles. The topological polar surface area (TPSA) is 88.1 Å². The molecule has 1 N–H and O–H groups in total. The number of hydrogen-bond acceptors (Lipinski definition) is 6. The molecule has 136 valence electrons. The second-order valence-electron chi connectivity index (χ2n) is 5.60. The van der Waals surface area contributed by atoms with Crippen molar-refractivity contribution in [3.8, 4) is 23.3 Å². The molecular formula is C20H17N3O3S. The summed E-state index contributed by atoms with van der Waals surface area (Å²) < 4.78 is 10.6. The number of oxazole rings is 1. The van der Waals surface area contributed by atoms with Crippen LogP contribution in [-0.4, -0.2) is 23.8 Å². The van der Waals surface area contributed by atoms with E-state index in [0.29, 0.717) is 28.6 Å². The first-order chi connectivity index (χ1) is 13.2. The highest BCUT2D eigenvalue weighted by atomic mass is 32.2. The highest BCUT2D eigenvalue weighted by Crippen LogP contribution is 2.23. The van der Waals surface area contributed by atoms with E-state index in [9.17, 15) is 4.79 Å². The molecule has 0 radical (unpaired) electrons. The second-order valence-corrected chi connectivity index (χ2v) is 6.59. The normalized spacial score (nSPS) is 10.2. The lowest BCUT2D eigenvalue weighted by Gasteiger charge is -2.04. The van der Waals surface area contributed by atoms with Gasteiger partial charge in [0.15, 0.2) is 0 Å². The van der Waals surface area contributed by atoms with E-state index in [-0.39, 0.29) is 5.91 Å². The number of carbonyl (C=O) groups excluding carboxylic acids is 1. The van der Waals surface area contributed by atoms with Crippen molar-refractivity contribution >= 4 is 23.4 Å². The molecule has 27 heavy (non-hydrogen) atoms. The molecular weight excluding hydrogens is 362 g/mol. The Balaban J connectivity index is 1.48. The molecule has 0 aliphatic rings. The minimum Gasteiger partial charge on any atom is -0.497 e.